The highest BCUT2D eigenvalue weighted by Gasteiger charge is 2.34. The van der Waals surface area contributed by atoms with Crippen molar-refractivity contribution in [2.75, 3.05) is 23.8 Å². The van der Waals surface area contributed by atoms with Gasteiger partial charge in [0.2, 0.25) is 11.1 Å². The van der Waals surface area contributed by atoms with Gasteiger partial charge in [-0.05, 0) is 48.7 Å². The topological polar surface area (TPSA) is 98.1 Å². The molecule has 10 heteroatoms. The molecule has 2 aromatic rings. The van der Waals surface area contributed by atoms with E-state index in [1.807, 2.05) is 32.9 Å². The average molecular weight is 424 g/mol. The lowest BCUT2D eigenvalue weighted by atomic mass is 10.1. The van der Waals surface area contributed by atoms with Crippen molar-refractivity contribution in [3.8, 4) is 5.69 Å². The summed E-state index contributed by atoms with van der Waals surface area (Å²) in [5.74, 6) is 0.304. The molecule has 1 aromatic carbocycles. The molecule has 1 aromatic heterocycles. The molecular weight excluding hydrogens is 398 g/mol. The Labute approximate surface area is 169 Å². The second kappa shape index (κ2) is 8.60. The number of amides is 1. The molecule has 28 heavy (non-hydrogen) atoms. The van der Waals surface area contributed by atoms with Crippen molar-refractivity contribution in [2.24, 2.45) is 0 Å². The molecule has 0 N–H and O–H groups in total. The van der Waals surface area contributed by atoms with Gasteiger partial charge in [0.15, 0.2) is 9.84 Å². The van der Waals surface area contributed by atoms with Crippen LogP contribution in [0, 0.1) is 13.8 Å². The summed E-state index contributed by atoms with van der Waals surface area (Å²) in [4.78, 5) is 14.5. The molecule has 2 heterocycles. The number of benzene rings is 1. The number of hydrogen-bond acceptors (Lipinski definition) is 7. The molecule has 1 fully saturated rings. The fourth-order valence-electron chi connectivity index (χ4n) is 3.45. The number of carbonyl (C=O) groups is 1. The van der Waals surface area contributed by atoms with Gasteiger partial charge in [-0.2, -0.15) is 4.68 Å². The minimum Gasteiger partial charge on any atom is -0.338 e. The van der Waals surface area contributed by atoms with Crippen LogP contribution in [0.1, 0.15) is 30.9 Å². The van der Waals surface area contributed by atoms with E-state index >= 15 is 0 Å². The summed E-state index contributed by atoms with van der Waals surface area (Å²) in [5, 5.41) is 12.4. The Bertz CT molecular complexity index is 958. The van der Waals surface area contributed by atoms with Crippen LogP contribution in [0.25, 0.3) is 5.69 Å². The molecule has 1 amide bonds. The summed E-state index contributed by atoms with van der Waals surface area (Å²) in [7, 11) is -3.04. The number of hydrogen-bond donors (Lipinski definition) is 0. The first-order chi connectivity index (χ1) is 13.3. The van der Waals surface area contributed by atoms with E-state index < -0.39 is 9.84 Å². The molecule has 0 saturated carbocycles. The molecule has 8 nitrogen and oxygen atoms in total. The van der Waals surface area contributed by atoms with Crippen molar-refractivity contribution >= 4 is 27.5 Å². The predicted molar refractivity (Wildman–Crippen MR) is 108 cm³/mol. The van der Waals surface area contributed by atoms with Crippen LogP contribution < -0.4 is 0 Å². The van der Waals surface area contributed by atoms with Gasteiger partial charge in [-0.1, -0.05) is 36.4 Å². The van der Waals surface area contributed by atoms with Gasteiger partial charge in [-0.25, -0.2) is 8.42 Å². The Morgan fingerprint density at radius 1 is 1.36 bits per heavy atom. The van der Waals surface area contributed by atoms with Crippen molar-refractivity contribution in [3.63, 3.8) is 0 Å². The maximum absolute atomic E-state index is 12.8. The van der Waals surface area contributed by atoms with Crippen molar-refractivity contribution in [1.82, 2.24) is 25.1 Å². The number of carbonyl (C=O) groups excluding carboxylic acids is 1. The van der Waals surface area contributed by atoms with E-state index in [9.17, 15) is 13.2 Å². The molecule has 1 atom stereocenters. The Kier molecular flexibility index (Phi) is 6.39. The third-order valence-corrected chi connectivity index (χ3v) is 7.43. The molecule has 0 bridgehead atoms. The molecule has 1 aliphatic rings. The van der Waals surface area contributed by atoms with Crippen LogP contribution in [0.4, 0.5) is 0 Å². The number of rotatable bonds is 7. The predicted octanol–water partition coefficient (Wildman–Crippen LogP) is 1.80. The number of thioether (sulfide) groups is 1. The Hall–Kier alpha value is -1.94. The van der Waals surface area contributed by atoms with Gasteiger partial charge in [0, 0.05) is 12.6 Å². The van der Waals surface area contributed by atoms with Gasteiger partial charge in [-0.15, -0.1) is 5.10 Å². The molecule has 1 aliphatic heterocycles. The molecule has 0 radical (unpaired) electrons. The highest BCUT2D eigenvalue weighted by atomic mass is 32.2. The van der Waals surface area contributed by atoms with E-state index in [2.05, 4.69) is 21.6 Å². The first-order valence-corrected chi connectivity index (χ1v) is 12.1. The highest BCUT2D eigenvalue weighted by Crippen LogP contribution is 2.23. The maximum atomic E-state index is 12.8. The van der Waals surface area contributed by atoms with Gasteiger partial charge in [0.25, 0.3) is 0 Å². The van der Waals surface area contributed by atoms with Crippen LogP contribution in [-0.2, 0) is 14.6 Å². The lowest BCUT2D eigenvalue weighted by Crippen LogP contribution is -2.42. The fraction of sp³-hybridized carbons (Fsp3) is 0.556. The number of aromatic nitrogens is 4. The second-order valence-electron chi connectivity index (χ2n) is 7.10. The second-order valence-corrected chi connectivity index (χ2v) is 10.3. The van der Waals surface area contributed by atoms with Crippen molar-refractivity contribution in [1.29, 1.82) is 0 Å². The largest absolute Gasteiger partial charge is 0.338 e. The quantitative estimate of drug-likeness (QED) is 0.626. The molecule has 1 unspecified atom stereocenters. The molecule has 0 spiro atoms. The van der Waals surface area contributed by atoms with Crippen molar-refractivity contribution < 1.29 is 13.2 Å². The molecular formula is C18H25N5O3S2. The standard InChI is InChI=1S/C18H25N5O3S2/c1-4-8-22(15-7-9-28(25,26)12-15)17(24)11-27-18-19-20-21-23(18)16-6-5-13(2)10-14(16)3/h5-6,10,15H,4,7-9,11-12H2,1-3H3. The zero-order valence-electron chi connectivity index (χ0n) is 16.3. The molecule has 1 saturated heterocycles. The number of tetrazole rings is 1. The highest BCUT2D eigenvalue weighted by molar-refractivity contribution is 7.99. The SMILES string of the molecule is CCCN(C(=O)CSc1nnnn1-c1ccc(C)cc1C)C1CCS(=O)(=O)C1. The fourth-order valence-corrected chi connectivity index (χ4v) is 5.95. The van der Waals surface area contributed by atoms with E-state index in [4.69, 9.17) is 0 Å². The van der Waals surface area contributed by atoms with Crippen LogP contribution in [0.5, 0.6) is 0 Å². The minimum atomic E-state index is -3.04. The van der Waals surface area contributed by atoms with Crippen LogP contribution in [0.15, 0.2) is 23.4 Å². The summed E-state index contributed by atoms with van der Waals surface area (Å²) in [6.45, 7) is 6.56. The minimum absolute atomic E-state index is 0.0592. The van der Waals surface area contributed by atoms with E-state index in [1.165, 1.54) is 11.8 Å². The Morgan fingerprint density at radius 3 is 2.79 bits per heavy atom. The Morgan fingerprint density at radius 2 is 2.14 bits per heavy atom. The molecule has 152 valence electrons. The van der Waals surface area contributed by atoms with E-state index in [0.717, 1.165) is 23.2 Å². The summed E-state index contributed by atoms with van der Waals surface area (Å²) in [6.07, 6.45) is 1.30. The molecule has 3 rings (SSSR count). The monoisotopic (exact) mass is 423 g/mol. The van der Waals surface area contributed by atoms with E-state index in [1.54, 1.807) is 9.58 Å². The van der Waals surface area contributed by atoms with Gasteiger partial charge < -0.3 is 4.90 Å². The summed E-state index contributed by atoms with van der Waals surface area (Å²) >= 11 is 1.27. The van der Waals surface area contributed by atoms with Crippen LogP contribution in [0.3, 0.4) is 0 Å². The van der Waals surface area contributed by atoms with E-state index in [0.29, 0.717) is 18.1 Å². The van der Waals surface area contributed by atoms with Crippen molar-refractivity contribution in [3.05, 3.63) is 29.3 Å². The number of aryl methyl sites for hydroxylation is 2. The van der Waals surface area contributed by atoms with Gasteiger partial charge in [-0.3, -0.25) is 4.79 Å². The summed E-state index contributed by atoms with van der Waals surface area (Å²) in [5.41, 5.74) is 3.07. The van der Waals surface area contributed by atoms with Crippen LogP contribution in [-0.4, -0.2) is 69.3 Å². The average Bonchev–Trinajstić information content (AvgIpc) is 3.23. The third kappa shape index (κ3) is 4.72. The summed E-state index contributed by atoms with van der Waals surface area (Å²) in [6, 6.07) is 5.78. The first-order valence-electron chi connectivity index (χ1n) is 9.29. The summed E-state index contributed by atoms with van der Waals surface area (Å²) < 4.78 is 25.2. The molecule has 0 aliphatic carbocycles. The van der Waals surface area contributed by atoms with Crippen LogP contribution in [0.2, 0.25) is 0 Å². The zero-order chi connectivity index (χ0) is 20.3. The first kappa shape index (κ1) is 20.8. The van der Waals surface area contributed by atoms with Gasteiger partial charge in [0.05, 0.1) is 22.9 Å². The van der Waals surface area contributed by atoms with Gasteiger partial charge >= 0.3 is 0 Å². The Balaban J connectivity index is 1.71. The van der Waals surface area contributed by atoms with Crippen molar-refractivity contribution in [2.45, 2.75) is 44.8 Å². The number of sulfone groups is 1. The normalized spacial score (nSPS) is 18.3. The van der Waals surface area contributed by atoms with Gasteiger partial charge in [0.1, 0.15) is 0 Å². The lowest BCUT2D eigenvalue weighted by Gasteiger charge is -2.27. The third-order valence-electron chi connectivity index (χ3n) is 4.78. The maximum Gasteiger partial charge on any atom is 0.233 e. The lowest BCUT2D eigenvalue weighted by molar-refractivity contribution is -0.130. The van der Waals surface area contributed by atoms with E-state index in [-0.39, 0.29) is 29.2 Å². The number of nitrogens with zero attached hydrogens (tertiary/aromatic N) is 5. The zero-order valence-corrected chi connectivity index (χ0v) is 18.0. The smallest absolute Gasteiger partial charge is 0.233 e. The van der Waals surface area contributed by atoms with Crippen LogP contribution >= 0.6 is 11.8 Å².